The number of amides is 3. The summed E-state index contributed by atoms with van der Waals surface area (Å²) in [4.78, 5) is 44.7. The molecule has 190 valence electrons. The first-order valence-corrected chi connectivity index (χ1v) is 13.2. The Morgan fingerprint density at radius 1 is 1.06 bits per heavy atom. The summed E-state index contributed by atoms with van der Waals surface area (Å²) in [5.74, 6) is 0.726. The maximum Gasteiger partial charge on any atom is 0.257 e. The van der Waals surface area contributed by atoms with E-state index in [1.807, 2.05) is 37.3 Å². The van der Waals surface area contributed by atoms with Gasteiger partial charge in [0.1, 0.15) is 5.66 Å². The van der Waals surface area contributed by atoms with E-state index in [9.17, 15) is 14.4 Å². The van der Waals surface area contributed by atoms with Crippen molar-refractivity contribution >= 4 is 29.1 Å². The summed E-state index contributed by atoms with van der Waals surface area (Å²) >= 11 is 0. The molecule has 2 saturated heterocycles. The van der Waals surface area contributed by atoms with E-state index in [1.54, 1.807) is 15.9 Å². The van der Waals surface area contributed by atoms with Gasteiger partial charge in [0.15, 0.2) is 0 Å². The SMILES string of the molecule is CC1CCN(Cc2ccc(NC(=O)CCCN3C(=O)c4ccccc4N4C(=O)CCC34C)cc2)CC1. The fourth-order valence-electron chi connectivity index (χ4n) is 5.83. The molecule has 0 aliphatic carbocycles. The van der Waals surface area contributed by atoms with Gasteiger partial charge in [0.2, 0.25) is 11.8 Å². The molecule has 0 saturated carbocycles. The highest BCUT2D eigenvalue weighted by Gasteiger charge is 2.52. The first kappa shape index (κ1) is 24.5. The zero-order valence-electron chi connectivity index (χ0n) is 21.3. The van der Waals surface area contributed by atoms with Crippen molar-refractivity contribution in [1.82, 2.24) is 9.80 Å². The minimum Gasteiger partial charge on any atom is -0.326 e. The first-order chi connectivity index (χ1) is 17.3. The van der Waals surface area contributed by atoms with Crippen LogP contribution in [0.3, 0.4) is 0 Å². The molecule has 0 radical (unpaired) electrons. The van der Waals surface area contributed by atoms with E-state index < -0.39 is 5.66 Å². The van der Waals surface area contributed by atoms with Crippen LogP contribution in [-0.4, -0.2) is 52.8 Å². The predicted molar refractivity (Wildman–Crippen MR) is 141 cm³/mol. The van der Waals surface area contributed by atoms with Gasteiger partial charge in [-0.2, -0.15) is 0 Å². The van der Waals surface area contributed by atoms with Crippen molar-refractivity contribution in [2.75, 3.05) is 29.9 Å². The molecule has 1 atom stereocenters. The maximum absolute atomic E-state index is 13.3. The summed E-state index contributed by atoms with van der Waals surface area (Å²) in [6, 6.07) is 15.4. The van der Waals surface area contributed by atoms with E-state index in [1.165, 1.54) is 18.4 Å². The third kappa shape index (κ3) is 4.76. The van der Waals surface area contributed by atoms with Crippen molar-refractivity contribution in [1.29, 1.82) is 0 Å². The highest BCUT2D eigenvalue weighted by atomic mass is 16.2. The predicted octanol–water partition coefficient (Wildman–Crippen LogP) is 4.64. The molecule has 7 heteroatoms. The van der Waals surface area contributed by atoms with Crippen LogP contribution in [0.1, 0.15) is 68.3 Å². The van der Waals surface area contributed by atoms with E-state index in [2.05, 4.69) is 29.3 Å². The lowest BCUT2D eigenvalue weighted by atomic mass is 9.98. The largest absolute Gasteiger partial charge is 0.326 e. The molecule has 5 rings (SSSR count). The van der Waals surface area contributed by atoms with Crippen molar-refractivity contribution in [2.24, 2.45) is 5.92 Å². The van der Waals surface area contributed by atoms with Gasteiger partial charge in [0.05, 0.1) is 11.3 Å². The Morgan fingerprint density at radius 2 is 1.78 bits per heavy atom. The number of likely N-dealkylation sites (tertiary alicyclic amines) is 1. The fraction of sp³-hybridized carbons (Fsp3) is 0.483. The van der Waals surface area contributed by atoms with E-state index in [-0.39, 0.29) is 17.7 Å². The fourth-order valence-corrected chi connectivity index (χ4v) is 5.83. The topological polar surface area (TPSA) is 73.0 Å². The van der Waals surface area contributed by atoms with Crippen LogP contribution in [0.25, 0.3) is 0 Å². The molecule has 1 N–H and O–H groups in total. The molecule has 3 heterocycles. The van der Waals surface area contributed by atoms with Gasteiger partial charge in [0, 0.05) is 31.6 Å². The second-order valence-corrected chi connectivity index (χ2v) is 10.7. The number of nitrogens with zero attached hydrogens (tertiary/aromatic N) is 3. The normalized spacial score (nSPS) is 22.5. The number of rotatable bonds is 7. The maximum atomic E-state index is 13.3. The molecule has 0 bridgehead atoms. The summed E-state index contributed by atoms with van der Waals surface area (Å²) < 4.78 is 0. The molecular formula is C29H36N4O3. The number of nitrogens with one attached hydrogen (secondary N) is 1. The number of hydrogen-bond acceptors (Lipinski definition) is 4. The van der Waals surface area contributed by atoms with Gasteiger partial charge < -0.3 is 10.2 Å². The number of carbonyl (C=O) groups is 3. The Bertz CT molecular complexity index is 1140. The monoisotopic (exact) mass is 488 g/mol. The Morgan fingerprint density at radius 3 is 2.53 bits per heavy atom. The molecule has 1 unspecified atom stereocenters. The summed E-state index contributed by atoms with van der Waals surface area (Å²) in [5.41, 5.74) is 2.61. The van der Waals surface area contributed by atoms with Gasteiger partial charge in [-0.1, -0.05) is 31.2 Å². The van der Waals surface area contributed by atoms with Crippen LogP contribution in [0.2, 0.25) is 0 Å². The highest BCUT2D eigenvalue weighted by Crippen LogP contribution is 2.44. The number of anilines is 2. The Labute approximate surface area is 213 Å². The van der Waals surface area contributed by atoms with Crippen molar-refractivity contribution in [2.45, 2.75) is 64.6 Å². The number of fused-ring (bicyclic) bond motifs is 3. The molecule has 3 aliphatic rings. The average Bonchev–Trinajstić information content (AvgIpc) is 3.19. The highest BCUT2D eigenvalue weighted by molar-refractivity contribution is 6.10. The summed E-state index contributed by atoms with van der Waals surface area (Å²) in [5, 5.41) is 2.99. The second kappa shape index (κ2) is 10.1. The van der Waals surface area contributed by atoms with Crippen LogP contribution in [0.5, 0.6) is 0 Å². The molecule has 3 aliphatic heterocycles. The molecule has 3 amide bonds. The van der Waals surface area contributed by atoms with Gasteiger partial charge >= 0.3 is 0 Å². The summed E-state index contributed by atoms with van der Waals surface area (Å²) in [6.45, 7) is 7.95. The third-order valence-electron chi connectivity index (χ3n) is 8.05. The van der Waals surface area contributed by atoms with Crippen molar-refractivity contribution in [3.63, 3.8) is 0 Å². The molecule has 0 aromatic heterocycles. The van der Waals surface area contributed by atoms with E-state index in [0.29, 0.717) is 43.5 Å². The average molecular weight is 489 g/mol. The van der Waals surface area contributed by atoms with Crippen molar-refractivity contribution in [3.8, 4) is 0 Å². The molecule has 7 nitrogen and oxygen atoms in total. The Kier molecular flexibility index (Phi) is 6.84. The van der Waals surface area contributed by atoms with Gasteiger partial charge in [-0.25, -0.2) is 0 Å². The standard InChI is InChI=1S/C29H36N4O3/c1-21-14-18-31(19-15-21)20-22-9-11-23(12-10-22)30-26(34)8-5-17-32-28(36)24-6-3-4-7-25(24)33-27(35)13-16-29(32,33)2/h3-4,6-7,9-12,21H,5,8,13-20H2,1-2H3,(H,30,34). The Hall–Kier alpha value is -3.19. The third-order valence-corrected chi connectivity index (χ3v) is 8.05. The minimum absolute atomic E-state index is 0.0403. The Balaban J connectivity index is 1.15. The minimum atomic E-state index is -0.679. The van der Waals surface area contributed by atoms with Crippen molar-refractivity contribution in [3.05, 3.63) is 59.7 Å². The van der Waals surface area contributed by atoms with E-state index in [4.69, 9.17) is 0 Å². The van der Waals surface area contributed by atoms with Crippen LogP contribution in [0, 0.1) is 5.92 Å². The number of carbonyl (C=O) groups excluding carboxylic acids is 3. The number of benzene rings is 2. The van der Waals surface area contributed by atoms with Gasteiger partial charge in [-0.3, -0.25) is 24.2 Å². The van der Waals surface area contributed by atoms with Crippen LogP contribution < -0.4 is 10.2 Å². The van der Waals surface area contributed by atoms with Gasteiger partial charge in [-0.15, -0.1) is 0 Å². The molecule has 2 aromatic rings. The lowest BCUT2D eigenvalue weighted by Crippen LogP contribution is -2.62. The van der Waals surface area contributed by atoms with E-state index >= 15 is 0 Å². The molecule has 0 spiro atoms. The van der Waals surface area contributed by atoms with Crippen molar-refractivity contribution < 1.29 is 14.4 Å². The molecule has 36 heavy (non-hydrogen) atoms. The van der Waals surface area contributed by atoms with Crippen LogP contribution >= 0.6 is 0 Å². The summed E-state index contributed by atoms with van der Waals surface area (Å²) in [7, 11) is 0. The van der Waals surface area contributed by atoms with Gasteiger partial charge in [-0.05, 0) is 81.4 Å². The lowest BCUT2D eigenvalue weighted by Gasteiger charge is -2.48. The molecule has 2 fully saturated rings. The van der Waals surface area contributed by atoms with Gasteiger partial charge in [0.25, 0.3) is 5.91 Å². The summed E-state index contributed by atoms with van der Waals surface area (Å²) in [6.07, 6.45) is 4.38. The quantitative estimate of drug-likeness (QED) is 0.617. The smallest absolute Gasteiger partial charge is 0.257 e. The van der Waals surface area contributed by atoms with Crippen LogP contribution in [-0.2, 0) is 16.1 Å². The van der Waals surface area contributed by atoms with E-state index in [0.717, 1.165) is 31.2 Å². The zero-order valence-corrected chi connectivity index (χ0v) is 21.3. The molecular weight excluding hydrogens is 452 g/mol. The second-order valence-electron chi connectivity index (χ2n) is 10.7. The molecule has 2 aromatic carbocycles. The number of hydrogen-bond donors (Lipinski definition) is 1. The zero-order chi connectivity index (χ0) is 25.3. The number of piperidine rings is 1. The lowest BCUT2D eigenvalue weighted by molar-refractivity contribution is -0.118. The number of para-hydroxylation sites is 1. The first-order valence-electron chi connectivity index (χ1n) is 13.2. The van der Waals surface area contributed by atoms with Crippen LogP contribution in [0.4, 0.5) is 11.4 Å². The van der Waals surface area contributed by atoms with Crippen LogP contribution in [0.15, 0.2) is 48.5 Å².